The quantitative estimate of drug-likeness (QED) is 0.925. The minimum Gasteiger partial charge on any atom is -0.440 e. The molecule has 94 valence electrons. The standard InChI is InChI=1S/C13H11ClFNO2/c14-12-6-5-11(18-12)13(17)16-8-7-9-1-3-10(15)4-2-9/h1-6H,7-8H2,(H,16,17). The SMILES string of the molecule is O=C(NCCc1ccc(F)cc1)c1ccc(Cl)o1. The van der Waals surface area contributed by atoms with Gasteiger partial charge in [-0.05, 0) is 47.9 Å². The van der Waals surface area contributed by atoms with E-state index < -0.39 is 0 Å². The van der Waals surface area contributed by atoms with Crippen LogP contribution in [0, 0.1) is 5.82 Å². The van der Waals surface area contributed by atoms with E-state index in [0.717, 1.165) is 5.56 Å². The maximum absolute atomic E-state index is 12.7. The summed E-state index contributed by atoms with van der Waals surface area (Å²) in [7, 11) is 0. The number of carbonyl (C=O) groups is 1. The van der Waals surface area contributed by atoms with Gasteiger partial charge in [0.25, 0.3) is 5.91 Å². The lowest BCUT2D eigenvalue weighted by Crippen LogP contribution is -2.25. The monoisotopic (exact) mass is 267 g/mol. The van der Waals surface area contributed by atoms with E-state index in [-0.39, 0.29) is 22.7 Å². The van der Waals surface area contributed by atoms with Crippen molar-refractivity contribution in [3.63, 3.8) is 0 Å². The summed E-state index contributed by atoms with van der Waals surface area (Å²) in [4.78, 5) is 11.6. The zero-order valence-corrected chi connectivity index (χ0v) is 10.2. The fourth-order valence-corrected chi connectivity index (χ4v) is 1.64. The molecule has 0 aliphatic heterocycles. The number of halogens is 2. The predicted molar refractivity (Wildman–Crippen MR) is 66.2 cm³/mol. The number of hydrogen-bond donors (Lipinski definition) is 1. The highest BCUT2D eigenvalue weighted by atomic mass is 35.5. The van der Waals surface area contributed by atoms with Gasteiger partial charge in [-0.3, -0.25) is 4.79 Å². The van der Waals surface area contributed by atoms with Crippen LogP contribution in [-0.4, -0.2) is 12.5 Å². The molecule has 0 atom stereocenters. The second-order valence-corrected chi connectivity index (χ2v) is 4.11. The van der Waals surface area contributed by atoms with Gasteiger partial charge in [-0.15, -0.1) is 0 Å². The second kappa shape index (κ2) is 5.69. The molecule has 1 amide bonds. The van der Waals surface area contributed by atoms with Crippen LogP contribution >= 0.6 is 11.6 Å². The van der Waals surface area contributed by atoms with Gasteiger partial charge in [0.2, 0.25) is 0 Å². The number of amides is 1. The number of nitrogens with one attached hydrogen (secondary N) is 1. The van der Waals surface area contributed by atoms with Crippen molar-refractivity contribution in [2.45, 2.75) is 6.42 Å². The largest absolute Gasteiger partial charge is 0.440 e. The topological polar surface area (TPSA) is 42.2 Å². The molecule has 0 saturated carbocycles. The molecule has 0 bridgehead atoms. The van der Waals surface area contributed by atoms with Crippen molar-refractivity contribution in [3.05, 3.63) is 58.8 Å². The normalized spacial score (nSPS) is 10.3. The van der Waals surface area contributed by atoms with E-state index in [1.807, 2.05) is 0 Å². The molecule has 2 rings (SSSR count). The van der Waals surface area contributed by atoms with E-state index in [1.165, 1.54) is 24.3 Å². The molecule has 1 N–H and O–H groups in total. The predicted octanol–water partition coefficient (Wildman–Crippen LogP) is 3.04. The van der Waals surface area contributed by atoms with Gasteiger partial charge in [-0.2, -0.15) is 0 Å². The number of rotatable bonds is 4. The minimum atomic E-state index is -0.316. The van der Waals surface area contributed by atoms with Crippen molar-refractivity contribution in [2.75, 3.05) is 6.54 Å². The first-order valence-corrected chi connectivity index (χ1v) is 5.81. The molecule has 5 heteroatoms. The van der Waals surface area contributed by atoms with Gasteiger partial charge in [0.1, 0.15) is 5.82 Å². The van der Waals surface area contributed by atoms with Crippen LogP contribution in [0.15, 0.2) is 40.8 Å². The third-order valence-corrected chi connectivity index (χ3v) is 2.61. The van der Waals surface area contributed by atoms with E-state index in [2.05, 4.69) is 5.32 Å². The second-order valence-electron chi connectivity index (χ2n) is 3.74. The Labute approximate surface area is 109 Å². The molecule has 0 unspecified atom stereocenters. The average molecular weight is 268 g/mol. The highest BCUT2D eigenvalue weighted by Gasteiger charge is 2.09. The first-order chi connectivity index (χ1) is 8.65. The molecule has 0 spiro atoms. The van der Waals surface area contributed by atoms with E-state index in [4.69, 9.17) is 16.0 Å². The molecule has 0 radical (unpaired) electrons. The maximum atomic E-state index is 12.7. The third kappa shape index (κ3) is 3.34. The molecule has 0 fully saturated rings. The van der Waals surface area contributed by atoms with Gasteiger partial charge in [0.15, 0.2) is 11.0 Å². The highest BCUT2D eigenvalue weighted by Crippen LogP contribution is 2.12. The summed E-state index contributed by atoms with van der Waals surface area (Å²) < 4.78 is 17.6. The van der Waals surface area contributed by atoms with Crippen molar-refractivity contribution in [1.82, 2.24) is 5.32 Å². The van der Waals surface area contributed by atoms with Crippen LogP contribution in [0.25, 0.3) is 0 Å². The van der Waals surface area contributed by atoms with Gasteiger partial charge in [-0.1, -0.05) is 12.1 Å². The Bertz CT molecular complexity index is 536. The fourth-order valence-electron chi connectivity index (χ4n) is 1.49. The Morgan fingerprint density at radius 1 is 1.22 bits per heavy atom. The Morgan fingerprint density at radius 3 is 2.56 bits per heavy atom. The van der Waals surface area contributed by atoms with Crippen molar-refractivity contribution in [1.29, 1.82) is 0 Å². The molecule has 0 aliphatic rings. The lowest BCUT2D eigenvalue weighted by atomic mass is 10.1. The van der Waals surface area contributed by atoms with Crippen LogP contribution in [0.3, 0.4) is 0 Å². The number of carbonyl (C=O) groups excluding carboxylic acids is 1. The summed E-state index contributed by atoms with van der Waals surface area (Å²) >= 11 is 5.57. The third-order valence-electron chi connectivity index (χ3n) is 2.41. The summed E-state index contributed by atoms with van der Waals surface area (Å²) in [6.45, 7) is 0.447. The Hall–Kier alpha value is -1.81. The summed E-state index contributed by atoms with van der Waals surface area (Å²) in [5.74, 6) is -0.406. The van der Waals surface area contributed by atoms with E-state index in [9.17, 15) is 9.18 Å². The Kier molecular flexibility index (Phi) is 3.99. The average Bonchev–Trinajstić information content (AvgIpc) is 2.78. The first kappa shape index (κ1) is 12.6. The van der Waals surface area contributed by atoms with Crippen LogP contribution < -0.4 is 5.32 Å². The van der Waals surface area contributed by atoms with Crippen LogP contribution in [0.4, 0.5) is 4.39 Å². The molecule has 0 saturated heterocycles. The summed E-state index contributed by atoms with van der Waals surface area (Å²) in [5, 5.41) is 2.87. The molecule has 1 heterocycles. The molecule has 1 aromatic carbocycles. The summed E-state index contributed by atoms with van der Waals surface area (Å²) in [6.07, 6.45) is 0.625. The Morgan fingerprint density at radius 2 is 1.94 bits per heavy atom. The van der Waals surface area contributed by atoms with Gasteiger partial charge in [-0.25, -0.2) is 4.39 Å². The van der Waals surface area contributed by atoms with Crippen molar-refractivity contribution >= 4 is 17.5 Å². The smallest absolute Gasteiger partial charge is 0.287 e. The molecule has 3 nitrogen and oxygen atoms in total. The minimum absolute atomic E-state index is 0.179. The van der Waals surface area contributed by atoms with Crippen LogP contribution in [0.5, 0.6) is 0 Å². The molecular weight excluding hydrogens is 257 g/mol. The van der Waals surface area contributed by atoms with Gasteiger partial charge in [0, 0.05) is 6.54 Å². The lowest BCUT2D eigenvalue weighted by Gasteiger charge is -2.03. The first-order valence-electron chi connectivity index (χ1n) is 5.43. The van der Waals surface area contributed by atoms with E-state index in [1.54, 1.807) is 12.1 Å². The van der Waals surface area contributed by atoms with Crippen LogP contribution in [0.2, 0.25) is 5.22 Å². The molecule has 0 aliphatic carbocycles. The van der Waals surface area contributed by atoms with Crippen LogP contribution in [-0.2, 0) is 6.42 Å². The summed E-state index contributed by atoms with van der Waals surface area (Å²) in [6, 6.07) is 9.18. The molecule has 18 heavy (non-hydrogen) atoms. The molecular formula is C13H11ClFNO2. The van der Waals surface area contributed by atoms with Crippen LogP contribution in [0.1, 0.15) is 16.1 Å². The maximum Gasteiger partial charge on any atom is 0.287 e. The highest BCUT2D eigenvalue weighted by molar-refractivity contribution is 6.29. The zero-order valence-electron chi connectivity index (χ0n) is 9.45. The van der Waals surface area contributed by atoms with Crippen molar-refractivity contribution < 1.29 is 13.6 Å². The Balaban J connectivity index is 1.82. The van der Waals surface area contributed by atoms with E-state index in [0.29, 0.717) is 13.0 Å². The van der Waals surface area contributed by atoms with Gasteiger partial charge in [0.05, 0.1) is 0 Å². The summed E-state index contributed by atoms with van der Waals surface area (Å²) in [5.41, 5.74) is 0.953. The van der Waals surface area contributed by atoms with Crippen molar-refractivity contribution in [3.8, 4) is 0 Å². The number of furan rings is 1. The van der Waals surface area contributed by atoms with Gasteiger partial charge >= 0.3 is 0 Å². The number of benzene rings is 1. The van der Waals surface area contributed by atoms with Crippen molar-refractivity contribution in [2.24, 2.45) is 0 Å². The van der Waals surface area contributed by atoms with Gasteiger partial charge < -0.3 is 9.73 Å². The molecule has 2 aromatic rings. The zero-order chi connectivity index (χ0) is 13.0. The lowest BCUT2D eigenvalue weighted by molar-refractivity contribution is 0.0926. The van der Waals surface area contributed by atoms with E-state index >= 15 is 0 Å². The fraction of sp³-hybridized carbons (Fsp3) is 0.154. The molecule has 1 aromatic heterocycles. The number of hydrogen-bond acceptors (Lipinski definition) is 2.